The molecule has 0 spiro atoms. The third-order valence-electron chi connectivity index (χ3n) is 4.14. The molecule has 3 nitrogen and oxygen atoms in total. The lowest BCUT2D eigenvalue weighted by atomic mass is 9.64. The fourth-order valence-electron chi connectivity index (χ4n) is 2.43. The third kappa shape index (κ3) is 2.40. The Morgan fingerprint density at radius 3 is 2.61 bits per heavy atom. The van der Waals surface area contributed by atoms with Crippen molar-refractivity contribution in [3.63, 3.8) is 0 Å². The van der Waals surface area contributed by atoms with Crippen LogP contribution in [0.3, 0.4) is 0 Å². The predicted molar refractivity (Wildman–Crippen MR) is 71.0 cm³/mol. The van der Waals surface area contributed by atoms with Crippen LogP contribution < -0.4 is 5.32 Å². The van der Waals surface area contributed by atoms with E-state index in [1.807, 2.05) is 30.3 Å². The van der Waals surface area contributed by atoms with Crippen molar-refractivity contribution in [2.24, 2.45) is 5.41 Å². The van der Waals surface area contributed by atoms with Gasteiger partial charge in [0.05, 0.1) is 18.1 Å². The normalized spacial score (nSPS) is 27.0. The lowest BCUT2D eigenvalue weighted by Crippen LogP contribution is -2.60. The van der Waals surface area contributed by atoms with Crippen molar-refractivity contribution in [3.8, 4) is 6.07 Å². The number of nitriles is 1. The van der Waals surface area contributed by atoms with Crippen molar-refractivity contribution in [1.82, 2.24) is 5.32 Å². The molecular weight excluding hydrogens is 224 g/mol. The van der Waals surface area contributed by atoms with Gasteiger partial charge in [-0.3, -0.25) is 0 Å². The minimum Gasteiger partial charge on any atom is -0.392 e. The number of rotatable bonds is 4. The third-order valence-corrected chi connectivity index (χ3v) is 4.14. The van der Waals surface area contributed by atoms with Crippen molar-refractivity contribution < 1.29 is 5.11 Å². The minimum absolute atomic E-state index is 0.0866. The van der Waals surface area contributed by atoms with Gasteiger partial charge in [0.2, 0.25) is 0 Å². The molecule has 3 heteroatoms. The van der Waals surface area contributed by atoms with E-state index in [1.165, 1.54) is 0 Å². The van der Waals surface area contributed by atoms with Gasteiger partial charge in [0, 0.05) is 18.0 Å². The molecule has 1 fully saturated rings. The van der Waals surface area contributed by atoms with E-state index in [1.54, 1.807) is 0 Å². The highest BCUT2D eigenvalue weighted by atomic mass is 16.3. The van der Waals surface area contributed by atoms with E-state index < -0.39 is 0 Å². The Hall–Kier alpha value is -1.37. The molecule has 0 bridgehead atoms. The molecule has 1 aromatic rings. The van der Waals surface area contributed by atoms with E-state index in [0.29, 0.717) is 12.6 Å². The summed E-state index contributed by atoms with van der Waals surface area (Å²) in [5.74, 6) is -0.125. The van der Waals surface area contributed by atoms with Gasteiger partial charge in [0.15, 0.2) is 0 Å². The van der Waals surface area contributed by atoms with E-state index in [2.05, 4.69) is 25.2 Å². The zero-order chi connectivity index (χ0) is 13.2. The van der Waals surface area contributed by atoms with Crippen LogP contribution in [0.5, 0.6) is 0 Å². The molecule has 1 saturated carbocycles. The zero-order valence-corrected chi connectivity index (χ0v) is 10.9. The molecule has 1 aromatic carbocycles. The van der Waals surface area contributed by atoms with Crippen LogP contribution in [0.1, 0.15) is 31.7 Å². The molecule has 0 amide bonds. The Labute approximate surface area is 108 Å². The first kappa shape index (κ1) is 13.1. The SMILES string of the molecule is CC1(C)C(O)CC1NCC(C#N)c1ccccc1. The molecule has 3 atom stereocenters. The van der Waals surface area contributed by atoms with Crippen LogP contribution in [0.2, 0.25) is 0 Å². The standard InChI is InChI=1S/C15H20N2O/c1-15(2)13(8-14(15)18)17-10-12(9-16)11-6-4-3-5-7-11/h3-7,12-14,17-18H,8,10H2,1-2H3. The van der Waals surface area contributed by atoms with Gasteiger partial charge in [-0.1, -0.05) is 44.2 Å². The second kappa shape index (κ2) is 5.09. The molecule has 2 rings (SSSR count). The molecule has 2 N–H and O–H groups in total. The molecule has 0 aliphatic heterocycles. The number of benzene rings is 1. The Morgan fingerprint density at radius 1 is 1.44 bits per heavy atom. The summed E-state index contributed by atoms with van der Waals surface area (Å²) in [6, 6.07) is 12.5. The monoisotopic (exact) mass is 244 g/mol. The highest BCUT2D eigenvalue weighted by Crippen LogP contribution is 2.40. The predicted octanol–water partition coefficient (Wildman–Crippen LogP) is 2.04. The van der Waals surface area contributed by atoms with Gasteiger partial charge >= 0.3 is 0 Å². The summed E-state index contributed by atoms with van der Waals surface area (Å²) in [5, 5.41) is 22.3. The molecule has 0 radical (unpaired) electrons. The molecule has 0 heterocycles. The van der Waals surface area contributed by atoms with Gasteiger partial charge < -0.3 is 10.4 Å². The minimum atomic E-state index is -0.229. The van der Waals surface area contributed by atoms with Crippen LogP contribution in [-0.4, -0.2) is 23.8 Å². The fourth-order valence-corrected chi connectivity index (χ4v) is 2.43. The van der Waals surface area contributed by atoms with Crippen molar-refractivity contribution >= 4 is 0 Å². The van der Waals surface area contributed by atoms with Crippen molar-refractivity contribution in [3.05, 3.63) is 35.9 Å². The van der Waals surface area contributed by atoms with Gasteiger partial charge in [0.25, 0.3) is 0 Å². The van der Waals surface area contributed by atoms with Gasteiger partial charge in [-0.2, -0.15) is 5.26 Å². The summed E-state index contributed by atoms with van der Waals surface area (Å²) in [7, 11) is 0. The largest absolute Gasteiger partial charge is 0.392 e. The van der Waals surface area contributed by atoms with E-state index in [-0.39, 0.29) is 17.4 Å². The Balaban J connectivity index is 1.92. The quantitative estimate of drug-likeness (QED) is 0.852. The van der Waals surface area contributed by atoms with Crippen molar-refractivity contribution in [2.75, 3.05) is 6.54 Å². The molecule has 0 saturated heterocycles. The number of aliphatic hydroxyl groups is 1. The first-order valence-electron chi connectivity index (χ1n) is 6.41. The topological polar surface area (TPSA) is 56.0 Å². The maximum atomic E-state index is 9.68. The fraction of sp³-hybridized carbons (Fsp3) is 0.533. The summed E-state index contributed by atoms with van der Waals surface area (Å²) in [5.41, 5.74) is 0.960. The van der Waals surface area contributed by atoms with Gasteiger partial charge in [-0.15, -0.1) is 0 Å². The highest BCUT2D eigenvalue weighted by Gasteiger charge is 2.46. The molecular formula is C15H20N2O. The van der Waals surface area contributed by atoms with Crippen LogP contribution in [-0.2, 0) is 0 Å². The van der Waals surface area contributed by atoms with Gasteiger partial charge in [0.1, 0.15) is 0 Å². The van der Waals surface area contributed by atoms with E-state index in [4.69, 9.17) is 0 Å². The zero-order valence-electron chi connectivity index (χ0n) is 10.9. The number of hydrogen-bond donors (Lipinski definition) is 2. The molecule has 1 aliphatic rings. The smallest absolute Gasteiger partial charge is 0.0837 e. The summed E-state index contributed by atoms with van der Waals surface area (Å²) in [4.78, 5) is 0. The van der Waals surface area contributed by atoms with Crippen LogP contribution in [0.15, 0.2) is 30.3 Å². The van der Waals surface area contributed by atoms with Gasteiger partial charge in [-0.05, 0) is 12.0 Å². The molecule has 3 unspecified atom stereocenters. The van der Waals surface area contributed by atoms with Crippen molar-refractivity contribution in [2.45, 2.75) is 38.3 Å². The first-order chi connectivity index (χ1) is 8.55. The average molecular weight is 244 g/mol. The second-order valence-electron chi connectivity index (χ2n) is 5.63. The summed E-state index contributed by atoms with van der Waals surface area (Å²) in [6.07, 6.45) is 0.548. The van der Waals surface area contributed by atoms with Crippen LogP contribution in [0.4, 0.5) is 0 Å². The highest BCUT2D eigenvalue weighted by molar-refractivity contribution is 5.25. The Morgan fingerprint density at radius 2 is 2.11 bits per heavy atom. The number of hydrogen-bond acceptors (Lipinski definition) is 3. The summed E-state index contributed by atoms with van der Waals surface area (Å²) >= 11 is 0. The molecule has 96 valence electrons. The first-order valence-corrected chi connectivity index (χ1v) is 6.41. The lowest BCUT2D eigenvalue weighted by molar-refractivity contribution is -0.0723. The van der Waals surface area contributed by atoms with Crippen LogP contribution >= 0.6 is 0 Å². The van der Waals surface area contributed by atoms with Crippen LogP contribution in [0, 0.1) is 16.7 Å². The average Bonchev–Trinajstić information content (AvgIpc) is 2.39. The number of nitrogens with zero attached hydrogens (tertiary/aromatic N) is 1. The maximum absolute atomic E-state index is 9.68. The number of nitrogens with one attached hydrogen (secondary N) is 1. The maximum Gasteiger partial charge on any atom is 0.0837 e. The summed E-state index contributed by atoms with van der Waals surface area (Å²) < 4.78 is 0. The Kier molecular flexibility index (Phi) is 3.70. The van der Waals surface area contributed by atoms with Crippen LogP contribution in [0.25, 0.3) is 0 Å². The molecule has 1 aliphatic carbocycles. The number of aliphatic hydroxyl groups excluding tert-OH is 1. The van der Waals surface area contributed by atoms with E-state index in [0.717, 1.165) is 12.0 Å². The van der Waals surface area contributed by atoms with E-state index >= 15 is 0 Å². The molecule has 0 aromatic heterocycles. The molecule has 18 heavy (non-hydrogen) atoms. The summed E-state index contributed by atoms with van der Waals surface area (Å²) in [6.45, 7) is 4.76. The Bertz CT molecular complexity index is 436. The lowest BCUT2D eigenvalue weighted by Gasteiger charge is -2.49. The second-order valence-corrected chi connectivity index (χ2v) is 5.63. The van der Waals surface area contributed by atoms with Gasteiger partial charge in [-0.25, -0.2) is 0 Å². The van der Waals surface area contributed by atoms with Crippen molar-refractivity contribution in [1.29, 1.82) is 5.26 Å². The van der Waals surface area contributed by atoms with E-state index in [9.17, 15) is 10.4 Å².